The smallest absolute Gasteiger partial charge is 0.355 e. The van der Waals surface area contributed by atoms with Crippen LogP contribution in [-0.4, -0.2) is 36.6 Å². The lowest BCUT2D eigenvalue weighted by Crippen LogP contribution is -2.36. The second-order valence-corrected chi connectivity index (χ2v) is 5.09. The van der Waals surface area contributed by atoms with Gasteiger partial charge in [0, 0.05) is 0 Å². The number of esters is 1. The maximum absolute atomic E-state index is 13.5. The number of hydrogen-bond donors (Lipinski definition) is 1. The molecule has 0 aromatic heterocycles. The van der Waals surface area contributed by atoms with Gasteiger partial charge in [-0.25, -0.2) is 14.1 Å². The van der Waals surface area contributed by atoms with Crippen LogP contribution in [-0.2, 0) is 19.1 Å². The van der Waals surface area contributed by atoms with Crippen molar-refractivity contribution in [3.8, 4) is 0 Å². The quantitative estimate of drug-likeness (QED) is 0.631. The Bertz CT molecular complexity index is 736. The Hall–Kier alpha value is -2.48. The number of rotatable bonds is 2. The second-order valence-electron chi connectivity index (χ2n) is 4.68. The van der Waals surface area contributed by atoms with E-state index in [9.17, 15) is 18.8 Å². The molecule has 0 aliphatic carbocycles. The number of nitrogens with one attached hydrogen (secondary N) is 1. The molecule has 0 unspecified atom stereocenters. The van der Waals surface area contributed by atoms with Crippen LogP contribution in [0.5, 0.6) is 0 Å². The van der Waals surface area contributed by atoms with Gasteiger partial charge in [-0.05, 0) is 18.2 Å². The number of methoxy groups -OCH3 is 1. The van der Waals surface area contributed by atoms with Crippen LogP contribution >= 0.6 is 11.6 Å². The van der Waals surface area contributed by atoms with Crippen molar-refractivity contribution >= 4 is 40.8 Å². The fourth-order valence-corrected chi connectivity index (χ4v) is 2.56. The minimum atomic E-state index is -1.08. The number of ether oxygens (including phenoxy) is 1. The fourth-order valence-electron chi connectivity index (χ4n) is 2.44. The van der Waals surface area contributed by atoms with Crippen LogP contribution in [0.2, 0.25) is 5.02 Å². The molecule has 2 heterocycles. The molecule has 1 saturated heterocycles. The van der Waals surface area contributed by atoms with E-state index in [-0.39, 0.29) is 16.4 Å². The normalized spacial score (nSPS) is 23.2. The minimum Gasteiger partial charge on any atom is -0.464 e. The fraction of sp³-hybridized carbons (Fsp3) is 0.231. The van der Waals surface area contributed by atoms with Crippen LogP contribution in [0.1, 0.15) is 0 Å². The van der Waals surface area contributed by atoms with E-state index in [0.29, 0.717) is 0 Å². The minimum absolute atomic E-state index is 0.0392. The van der Waals surface area contributed by atoms with Crippen molar-refractivity contribution in [3.63, 3.8) is 0 Å². The monoisotopic (exact) mass is 325 g/mol. The van der Waals surface area contributed by atoms with Crippen LogP contribution in [0.25, 0.3) is 0 Å². The number of benzene rings is 1. The maximum Gasteiger partial charge on any atom is 0.355 e. The van der Waals surface area contributed by atoms with E-state index in [0.717, 1.165) is 18.1 Å². The van der Waals surface area contributed by atoms with Crippen LogP contribution in [0.4, 0.5) is 10.1 Å². The number of imide groups is 1. The number of halogens is 2. The van der Waals surface area contributed by atoms with Crippen molar-refractivity contribution in [3.05, 3.63) is 29.0 Å². The van der Waals surface area contributed by atoms with Crippen molar-refractivity contribution in [1.82, 2.24) is 5.43 Å². The Kier molecular flexibility index (Phi) is 3.32. The predicted molar refractivity (Wildman–Crippen MR) is 73.8 cm³/mol. The third-order valence-corrected chi connectivity index (χ3v) is 3.79. The van der Waals surface area contributed by atoms with Crippen molar-refractivity contribution in [2.75, 3.05) is 12.0 Å². The van der Waals surface area contributed by atoms with Gasteiger partial charge in [0.1, 0.15) is 17.8 Å². The highest BCUT2D eigenvalue weighted by Crippen LogP contribution is 2.32. The molecule has 0 bridgehead atoms. The molecule has 1 fully saturated rings. The van der Waals surface area contributed by atoms with Gasteiger partial charge in [0.25, 0.3) is 5.91 Å². The Labute approximate surface area is 128 Å². The maximum atomic E-state index is 13.5. The van der Waals surface area contributed by atoms with Crippen molar-refractivity contribution < 1.29 is 23.5 Å². The summed E-state index contributed by atoms with van der Waals surface area (Å²) in [4.78, 5) is 37.2. The van der Waals surface area contributed by atoms with Gasteiger partial charge >= 0.3 is 5.97 Å². The summed E-state index contributed by atoms with van der Waals surface area (Å²) in [5.74, 6) is -3.94. The summed E-state index contributed by atoms with van der Waals surface area (Å²) in [7, 11) is 1.14. The molecular weight excluding hydrogens is 317 g/mol. The lowest BCUT2D eigenvalue weighted by atomic mass is 9.99. The predicted octanol–water partition coefficient (Wildman–Crippen LogP) is 0.469. The summed E-state index contributed by atoms with van der Waals surface area (Å²) in [5.41, 5.74) is 2.31. The highest BCUT2D eigenvalue weighted by molar-refractivity contribution is 6.46. The highest BCUT2D eigenvalue weighted by Gasteiger charge is 2.55. The van der Waals surface area contributed by atoms with E-state index in [4.69, 9.17) is 11.6 Å². The van der Waals surface area contributed by atoms with Gasteiger partial charge in [0.05, 0.1) is 17.8 Å². The first-order valence-electron chi connectivity index (χ1n) is 6.20. The van der Waals surface area contributed by atoms with E-state index in [1.165, 1.54) is 12.1 Å². The zero-order chi connectivity index (χ0) is 16.0. The molecule has 0 radical (unpaired) electrons. The van der Waals surface area contributed by atoms with E-state index < -0.39 is 35.6 Å². The summed E-state index contributed by atoms with van der Waals surface area (Å²) in [6, 6.07) is 2.56. The lowest BCUT2D eigenvalue weighted by molar-refractivity contribution is -0.133. The molecule has 0 saturated carbocycles. The molecule has 1 aromatic rings. The molecule has 2 aliphatic heterocycles. The molecule has 114 valence electrons. The van der Waals surface area contributed by atoms with E-state index in [1.807, 2.05) is 0 Å². The third kappa shape index (κ3) is 1.95. The molecular formula is C13H9ClFN3O4. The third-order valence-electron chi connectivity index (χ3n) is 3.48. The van der Waals surface area contributed by atoms with E-state index in [1.54, 1.807) is 0 Å². The van der Waals surface area contributed by atoms with Crippen LogP contribution in [0.3, 0.4) is 0 Å². The van der Waals surface area contributed by atoms with Gasteiger partial charge in [-0.15, -0.1) is 0 Å². The molecule has 9 heteroatoms. The molecule has 2 atom stereocenters. The van der Waals surface area contributed by atoms with Gasteiger partial charge in [-0.2, -0.15) is 5.10 Å². The average molecular weight is 326 g/mol. The zero-order valence-corrected chi connectivity index (χ0v) is 11.9. The number of amides is 2. The Balaban J connectivity index is 1.98. The molecule has 3 rings (SSSR count). The first kappa shape index (κ1) is 14.5. The first-order chi connectivity index (χ1) is 10.5. The molecule has 7 nitrogen and oxygen atoms in total. The van der Waals surface area contributed by atoms with Gasteiger partial charge < -0.3 is 4.74 Å². The zero-order valence-electron chi connectivity index (χ0n) is 11.2. The summed E-state index contributed by atoms with van der Waals surface area (Å²) in [6.07, 6.45) is 0. The number of nitrogens with zero attached hydrogens (tertiary/aromatic N) is 2. The average Bonchev–Trinajstić information content (AvgIpc) is 3.03. The Morgan fingerprint density at radius 2 is 2.14 bits per heavy atom. The Morgan fingerprint density at radius 3 is 2.77 bits per heavy atom. The van der Waals surface area contributed by atoms with Crippen LogP contribution < -0.4 is 10.3 Å². The van der Waals surface area contributed by atoms with Crippen LogP contribution in [0.15, 0.2) is 23.3 Å². The molecule has 0 spiro atoms. The number of hydrazone groups is 1. The van der Waals surface area contributed by atoms with Crippen molar-refractivity contribution in [2.45, 2.75) is 6.04 Å². The standard InChI is InChI=1S/C13H9ClFN3O4/c1-22-13(21)10-8-9(16-17-10)12(20)18(11(8)19)5-2-3-6(14)7(15)4-5/h2-4,8-9,16H,1H3/t8-,9-/m0/s1. The van der Waals surface area contributed by atoms with Crippen molar-refractivity contribution in [1.29, 1.82) is 0 Å². The number of hydrogen-bond acceptors (Lipinski definition) is 6. The summed E-state index contributed by atoms with van der Waals surface area (Å²) >= 11 is 5.58. The molecule has 2 aliphatic rings. The number of anilines is 1. The van der Waals surface area contributed by atoms with Crippen molar-refractivity contribution in [2.24, 2.45) is 11.0 Å². The summed E-state index contributed by atoms with van der Waals surface area (Å²) < 4.78 is 18.1. The number of carbonyl (C=O) groups is 3. The van der Waals surface area contributed by atoms with Gasteiger partial charge in [0.2, 0.25) is 5.91 Å². The van der Waals surface area contributed by atoms with Gasteiger partial charge in [-0.3, -0.25) is 15.0 Å². The van der Waals surface area contributed by atoms with Gasteiger partial charge in [0.15, 0.2) is 5.71 Å². The Morgan fingerprint density at radius 1 is 1.41 bits per heavy atom. The highest BCUT2D eigenvalue weighted by atomic mass is 35.5. The largest absolute Gasteiger partial charge is 0.464 e. The van der Waals surface area contributed by atoms with Gasteiger partial charge in [-0.1, -0.05) is 11.6 Å². The summed E-state index contributed by atoms with van der Waals surface area (Å²) in [5, 5.41) is 3.55. The summed E-state index contributed by atoms with van der Waals surface area (Å²) in [6.45, 7) is 0. The molecule has 1 N–H and O–H groups in total. The number of carbonyl (C=O) groups excluding carboxylic acids is 3. The SMILES string of the molecule is COC(=O)C1=NN[C@@H]2C(=O)N(c3ccc(Cl)c(F)c3)C(=O)[C@H]12. The molecule has 1 aromatic carbocycles. The van der Waals surface area contributed by atoms with Crippen LogP contribution in [0, 0.1) is 11.7 Å². The lowest BCUT2D eigenvalue weighted by Gasteiger charge is -2.15. The number of fused-ring (bicyclic) bond motifs is 1. The van der Waals surface area contributed by atoms with E-state index in [2.05, 4.69) is 15.3 Å². The second kappa shape index (κ2) is 5.06. The topological polar surface area (TPSA) is 88.1 Å². The first-order valence-corrected chi connectivity index (χ1v) is 6.57. The molecule has 22 heavy (non-hydrogen) atoms. The van der Waals surface area contributed by atoms with E-state index >= 15 is 0 Å². The molecule has 2 amide bonds.